The number of nitro groups is 1. The third kappa shape index (κ3) is 2.58. The van der Waals surface area contributed by atoms with E-state index in [1.807, 2.05) is 0 Å². The molecule has 100 valence electrons. The van der Waals surface area contributed by atoms with Gasteiger partial charge in [0.25, 0.3) is 11.2 Å². The van der Waals surface area contributed by atoms with Gasteiger partial charge in [0.1, 0.15) is 10.7 Å². The molecule has 0 unspecified atom stereocenters. The molecule has 10 heteroatoms. The van der Waals surface area contributed by atoms with E-state index >= 15 is 0 Å². The lowest BCUT2D eigenvalue weighted by Gasteiger charge is -2.05. The Morgan fingerprint density at radius 2 is 2.37 bits per heavy atom. The predicted octanol–water partition coefficient (Wildman–Crippen LogP) is 0.250. The summed E-state index contributed by atoms with van der Waals surface area (Å²) in [6, 6.07) is 1.22. The average Bonchev–Trinajstić information content (AvgIpc) is 2.79. The number of anilines is 1. The van der Waals surface area contributed by atoms with Crippen molar-refractivity contribution in [3.8, 4) is 0 Å². The number of hydrogen-bond donors (Lipinski definition) is 2. The molecule has 2 aromatic heterocycles. The molecule has 0 amide bonds. The van der Waals surface area contributed by atoms with Crippen LogP contribution in [0.4, 0.5) is 10.7 Å². The maximum Gasteiger partial charge on any atom is 0.288 e. The first-order chi connectivity index (χ1) is 9.02. The Morgan fingerprint density at radius 1 is 1.63 bits per heavy atom. The minimum Gasteiger partial charge on any atom is -0.313 e. The highest BCUT2D eigenvalue weighted by Gasteiger charge is 2.15. The number of aryl methyl sites for hydroxylation is 1. The molecule has 0 spiro atoms. The second kappa shape index (κ2) is 5.12. The second-order valence-electron chi connectivity index (χ2n) is 3.76. The summed E-state index contributed by atoms with van der Waals surface area (Å²) in [5, 5.41) is 15.2. The number of hydrazine groups is 1. The Kier molecular flexibility index (Phi) is 3.53. The lowest BCUT2D eigenvalue weighted by Crippen LogP contribution is -2.21. The van der Waals surface area contributed by atoms with Crippen LogP contribution in [-0.4, -0.2) is 19.1 Å². The zero-order valence-electron chi connectivity index (χ0n) is 9.86. The van der Waals surface area contributed by atoms with Crippen LogP contribution >= 0.6 is 11.5 Å². The summed E-state index contributed by atoms with van der Waals surface area (Å²) in [5.74, 6) is 5.27. The van der Waals surface area contributed by atoms with Gasteiger partial charge in [-0.15, -0.1) is 5.10 Å². The highest BCUT2D eigenvalue weighted by Crippen LogP contribution is 2.18. The quantitative estimate of drug-likeness (QED) is 0.467. The van der Waals surface area contributed by atoms with Crippen LogP contribution in [0.25, 0.3) is 0 Å². The number of rotatable bonds is 4. The van der Waals surface area contributed by atoms with Crippen molar-refractivity contribution in [3.05, 3.63) is 44.0 Å². The molecule has 0 aromatic carbocycles. The van der Waals surface area contributed by atoms with Gasteiger partial charge in [0.05, 0.1) is 17.7 Å². The largest absolute Gasteiger partial charge is 0.313 e. The van der Waals surface area contributed by atoms with E-state index in [0.717, 1.165) is 11.5 Å². The molecule has 0 aliphatic rings. The fourth-order valence-corrected chi connectivity index (χ4v) is 2.04. The molecule has 0 saturated carbocycles. The number of nitrogens with zero attached hydrogens (tertiary/aromatic N) is 4. The zero-order chi connectivity index (χ0) is 14.0. The Balaban J connectivity index is 2.43. The third-order valence-corrected chi connectivity index (χ3v) is 3.21. The van der Waals surface area contributed by atoms with E-state index in [1.165, 1.54) is 23.8 Å². The van der Waals surface area contributed by atoms with Crippen LogP contribution in [0.5, 0.6) is 0 Å². The molecule has 3 N–H and O–H groups in total. The van der Waals surface area contributed by atoms with Gasteiger partial charge in [-0.25, -0.2) is 5.84 Å². The van der Waals surface area contributed by atoms with Crippen LogP contribution in [0.15, 0.2) is 17.1 Å². The van der Waals surface area contributed by atoms with E-state index in [1.54, 1.807) is 0 Å². The first kappa shape index (κ1) is 13.1. The second-order valence-corrected chi connectivity index (χ2v) is 4.51. The van der Waals surface area contributed by atoms with E-state index in [9.17, 15) is 14.9 Å². The summed E-state index contributed by atoms with van der Waals surface area (Å²) >= 11 is 1.04. The van der Waals surface area contributed by atoms with Crippen molar-refractivity contribution in [2.45, 2.75) is 13.5 Å². The van der Waals surface area contributed by atoms with Crippen LogP contribution in [0, 0.1) is 17.0 Å². The standard InChI is InChI=1S/C9H10N6O3S/c1-5-2-8(16)14(4-7(5)15(17)18)3-6-9(11-10)19-13-12-6/h2,4,11H,3,10H2,1H3. The summed E-state index contributed by atoms with van der Waals surface area (Å²) in [7, 11) is 0. The fraction of sp³-hybridized carbons (Fsp3) is 0.222. The molecule has 0 aliphatic carbocycles. The summed E-state index contributed by atoms with van der Waals surface area (Å²) in [6.07, 6.45) is 1.19. The molecule has 9 nitrogen and oxygen atoms in total. The Hall–Kier alpha value is -2.33. The van der Waals surface area contributed by atoms with Gasteiger partial charge in [0.2, 0.25) is 0 Å². The molecule has 2 rings (SSSR count). The average molecular weight is 282 g/mol. The number of nitrogens with two attached hydrogens (primary N) is 1. The predicted molar refractivity (Wildman–Crippen MR) is 68.9 cm³/mol. The number of nitrogens with one attached hydrogen (secondary N) is 1. The summed E-state index contributed by atoms with van der Waals surface area (Å²) in [4.78, 5) is 22.1. The minimum absolute atomic E-state index is 0.0655. The van der Waals surface area contributed by atoms with Gasteiger partial charge in [-0.3, -0.25) is 14.9 Å². The summed E-state index contributed by atoms with van der Waals surface area (Å²) in [5.41, 5.74) is 2.71. The molecule has 19 heavy (non-hydrogen) atoms. The van der Waals surface area contributed by atoms with Gasteiger partial charge in [-0.2, -0.15) is 0 Å². The smallest absolute Gasteiger partial charge is 0.288 e. The van der Waals surface area contributed by atoms with Gasteiger partial charge < -0.3 is 9.99 Å². The SMILES string of the molecule is Cc1cc(=O)n(Cc2nnsc2NN)cc1[N+](=O)[O-]. The zero-order valence-corrected chi connectivity index (χ0v) is 10.7. The lowest BCUT2D eigenvalue weighted by molar-refractivity contribution is -0.385. The topological polar surface area (TPSA) is 129 Å². The van der Waals surface area contributed by atoms with Crippen molar-refractivity contribution in [2.24, 2.45) is 5.84 Å². The maximum atomic E-state index is 11.8. The highest BCUT2D eigenvalue weighted by molar-refractivity contribution is 7.10. The van der Waals surface area contributed by atoms with E-state index < -0.39 is 4.92 Å². The first-order valence-corrected chi connectivity index (χ1v) is 5.93. The number of nitrogen functional groups attached to an aromatic ring is 1. The van der Waals surface area contributed by atoms with Crippen LogP contribution in [-0.2, 0) is 6.54 Å². The molecule has 0 fully saturated rings. The summed E-state index contributed by atoms with van der Waals surface area (Å²) < 4.78 is 4.89. The van der Waals surface area contributed by atoms with Crippen LogP contribution in [0.3, 0.4) is 0 Å². The van der Waals surface area contributed by atoms with Gasteiger partial charge in [0, 0.05) is 23.2 Å². The van der Waals surface area contributed by atoms with Gasteiger partial charge in [-0.1, -0.05) is 4.49 Å². The van der Waals surface area contributed by atoms with Crippen molar-refractivity contribution in [3.63, 3.8) is 0 Å². The maximum absolute atomic E-state index is 11.8. The van der Waals surface area contributed by atoms with Gasteiger partial charge in [-0.05, 0) is 6.92 Å². The highest BCUT2D eigenvalue weighted by atomic mass is 32.1. The van der Waals surface area contributed by atoms with Crippen LogP contribution in [0.1, 0.15) is 11.3 Å². The van der Waals surface area contributed by atoms with E-state index in [4.69, 9.17) is 5.84 Å². The van der Waals surface area contributed by atoms with Crippen LogP contribution in [0.2, 0.25) is 0 Å². The van der Waals surface area contributed by atoms with Crippen molar-refractivity contribution in [2.75, 3.05) is 5.43 Å². The van der Waals surface area contributed by atoms with Gasteiger partial charge >= 0.3 is 0 Å². The molecule has 2 heterocycles. The normalized spacial score (nSPS) is 10.4. The Labute approximate surface area is 111 Å². The lowest BCUT2D eigenvalue weighted by atomic mass is 10.2. The molecule has 2 aromatic rings. The van der Waals surface area contributed by atoms with E-state index in [0.29, 0.717) is 16.3 Å². The van der Waals surface area contributed by atoms with E-state index in [2.05, 4.69) is 15.0 Å². The number of hydrogen-bond acceptors (Lipinski definition) is 8. The molecule has 0 saturated heterocycles. The number of pyridine rings is 1. The summed E-state index contributed by atoms with van der Waals surface area (Å²) in [6.45, 7) is 1.58. The monoisotopic (exact) mass is 282 g/mol. The molecule has 0 bridgehead atoms. The third-order valence-electron chi connectivity index (χ3n) is 2.51. The van der Waals surface area contributed by atoms with Crippen molar-refractivity contribution in [1.29, 1.82) is 0 Å². The first-order valence-electron chi connectivity index (χ1n) is 5.16. The number of aromatic nitrogens is 3. The minimum atomic E-state index is -0.535. The molecule has 0 radical (unpaired) electrons. The van der Waals surface area contributed by atoms with Crippen molar-refractivity contribution >= 4 is 22.2 Å². The Morgan fingerprint density at radius 3 is 3.00 bits per heavy atom. The molecular weight excluding hydrogens is 272 g/mol. The Bertz CT molecular complexity index is 679. The van der Waals surface area contributed by atoms with Crippen LogP contribution < -0.4 is 16.8 Å². The molecule has 0 atom stereocenters. The van der Waals surface area contributed by atoms with E-state index in [-0.39, 0.29) is 17.8 Å². The van der Waals surface area contributed by atoms with Crippen molar-refractivity contribution in [1.82, 2.24) is 14.2 Å². The molecular formula is C9H10N6O3S. The molecule has 0 aliphatic heterocycles. The fourth-order valence-electron chi connectivity index (χ4n) is 1.55. The van der Waals surface area contributed by atoms with Crippen molar-refractivity contribution < 1.29 is 4.92 Å². The van der Waals surface area contributed by atoms with Gasteiger partial charge in [0.15, 0.2) is 0 Å².